The van der Waals surface area contributed by atoms with Gasteiger partial charge in [-0.2, -0.15) is 0 Å². The van der Waals surface area contributed by atoms with Gasteiger partial charge in [-0.1, -0.05) is 68.3 Å². The number of thiophene rings is 1. The molecule has 1 aromatic heterocycles. The van der Waals surface area contributed by atoms with Crippen molar-refractivity contribution in [2.45, 2.75) is 39.0 Å². The molecule has 1 unspecified atom stereocenters. The fourth-order valence-corrected chi connectivity index (χ4v) is 4.00. The summed E-state index contributed by atoms with van der Waals surface area (Å²) in [4.78, 5) is 1.53. The second kappa shape index (κ2) is 7.60. The van der Waals surface area contributed by atoms with Crippen molar-refractivity contribution in [2.24, 2.45) is 5.92 Å². The van der Waals surface area contributed by atoms with Gasteiger partial charge in [-0.3, -0.25) is 0 Å². The molecule has 0 amide bonds. The zero-order valence-corrected chi connectivity index (χ0v) is 14.1. The number of unbranched alkanes of at least 4 members (excludes halogenated alkanes) is 1. The van der Waals surface area contributed by atoms with Crippen molar-refractivity contribution in [3.63, 3.8) is 0 Å². The van der Waals surface area contributed by atoms with Crippen LogP contribution in [0.1, 0.15) is 36.6 Å². The predicted octanol–water partition coefficient (Wildman–Crippen LogP) is 6.49. The van der Waals surface area contributed by atoms with Crippen LogP contribution >= 0.6 is 11.3 Å². The first-order valence-corrected chi connectivity index (χ1v) is 9.23. The molecule has 0 nitrogen and oxygen atoms in total. The normalized spacial score (nSPS) is 12.6. The molecule has 0 spiro atoms. The Hall–Kier alpha value is -1.60. The molecule has 2 aromatic carbocycles. The molecule has 0 aliphatic rings. The highest BCUT2D eigenvalue weighted by Crippen LogP contribution is 2.24. The van der Waals surface area contributed by atoms with Crippen molar-refractivity contribution in [1.29, 1.82) is 0 Å². The summed E-state index contributed by atoms with van der Waals surface area (Å²) in [6, 6.07) is 20.1. The maximum Gasteiger partial charge on any atom is 0.00480 e. The van der Waals surface area contributed by atoms with Gasteiger partial charge in [0.1, 0.15) is 0 Å². The highest BCUT2D eigenvalue weighted by Gasteiger charge is 2.11. The molecule has 0 aliphatic heterocycles. The lowest BCUT2D eigenvalue weighted by Gasteiger charge is -2.16. The van der Waals surface area contributed by atoms with E-state index in [2.05, 4.69) is 66.9 Å². The van der Waals surface area contributed by atoms with Gasteiger partial charge in [-0.25, -0.2) is 0 Å². The number of hydrogen-bond donors (Lipinski definition) is 0. The molecule has 0 aliphatic carbocycles. The smallest absolute Gasteiger partial charge is 0.00480 e. The Labute approximate surface area is 137 Å². The SMILES string of the molecule is CCCCC(Cc1ccc2ccccc2c1)Cc1cccs1. The Morgan fingerprint density at radius 2 is 1.77 bits per heavy atom. The van der Waals surface area contributed by atoms with E-state index in [1.807, 2.05) is 11.3 Å². The molecule has 0 saturated heterocycles. The lowest BCUT2D eigenvalue weighted by molar-refractivity contribution is 0.463. The average molecular weight is 308 g/mol. The zero-order chi connectivity index (χ0) is 15.2. The molecule has 22 heavy (non-hydrogen) atoms. The first-order valence-electron chi connectivity index (χ1n) is 8.35. The van der Waals surface area contributed by atoms with Crippen LogP contribution in [0.3, 0.4) is 0 Å². The summed E-state index contributed by atoms with van der Waals surface area (Å²) in [5.74, 6) is 0.764. The van der Waals surface area contributed by atoms with Crippen LogP contribution in [-0.4, -0.2) is 0 Å². The van der Waals surface area contributed by atoms with Gasteiger partial charge in [-0.15, -0.1) is 11.3 Å². The minimum Gasteiger partial charge on any atom is -0.149 e. The van der Waals surface area contributed by atoms with E-state index >= 15 is 0 Å². The molecule has 3 rings (SSSR count). The third-order valence-electron chi connectivity index (χ3n) is 4.37. The minimum atomic E-state index is 0.764. The molecule has 114 valence electrons. The summed E-state index contributed by atoms with van der Waals surface area (Å²) in [7, 11) is 0. The second-order valence-electron chi connectivity index (χ2n) is 6.18. The predicted molar refractivity (Wildman–Crippen MR) is 98.7 cm³/mol. The molecule has 3 aromatic rings. The number of hydrogen-bond acceptors (Lipinski definition) is 1. The van der Waals surface area contributed by atoms with Crippen molar-refractivity contribution < 1.29 is 0 Å². The van der Waals surface area contributed by atoms with Crippen LogP contribution in [0.4, 0.5) is 0 Å². The molecule has 0 radical (unpaired) electrons. The van der Waals surface area contributed by atoms with Crippen LogP contribution in [0.5, 0.6) is 0 Å². The monoisotopic (exact) mass is 308 g/mol. The summed E-state index contributed by atoms with van der Waals surface area (Å²) in [6.45, 7) is 2.29. The Balaban J connectivity index is 1.75. The van der Waals surface area contributed by atoms with Crippen molar-refractivity contribution in [3.8, 4) is 0 Å². The number of rotatable bonds is 7. The first-order chi connectivity index (χ1) is 10.8. The summed E-state index contributed by atoms with van der Waals surface area (Å²) < 4.78 is 0. The maximum atomic E-state index is 2.38. The van der Waals surface area contributed by atoms with Gasteiger partial charge in [0.2, 0.25) is 0 Å². The van der Waals surface area contributed by atoms with Crippen LogP contribution < -0.4 is 0 Å². The van der Waals surface area contributed by atoms with E-state index in [1.165, 1.54) is 53.3 Å². The lowest BCUT2D eigenvalue weighted by atomic mass is 9.90. The van der Waals surface area contributed by atoms with Crippen molar-refractivity contribution >= 4 is 22.1 Å². The summed E-state index contributed by atoms with van der Waals surface area (Å²) >= 11 is 1.90. The fourth-order valence-electron chi connectivity index (χ4n) is 3.18. The first kappa shape index (κ1) is 15.3. The van der Waals surface area contributed by atoms with Crippen LogP contribution in [0.25, 0.3) is 10.8 Å². The minimum absolute atomic E-state index is 0.764. The highest BCUT2D eigenvalue weighted by atomic mass is 32.1. The van der Waals surface area contributed by atoms with E-state index in [0.29, 0.717) is 0 Å². The van der Waals surface area contributed by atoms with Crippen LogP contribution in [0, 0.1) is 5.92 Å². The number of fused-ring (bicyclic) bond motifs is 1. The van der Waals surface area contributed by atoms with Crippen LogP contribution in [0.2, 0.25) is 0 Å². The Bertz CT molecular complexity index is 697. The van der Waals surface area contributed by atoms with Crippen LogP contribution in [-0.2, 0) is 12.8 Å². The molecule has 1 heterocycles. The molecular formula is C21H24S. The van der Waals surface area contributed by atoms with E-state index in [9.17, 15) is 0 Å². The quantitative estimate of drug-likeness (QED) is 0.468. The van der Waals surface area contributed by atoms with Gasteiger partial charge in [-0.05, 0) is 53.0 Å². The van der Waals surface area contributed by atoms with E-state index < -0.39 is 0 Å². The molecule has 0 N–H and O–H groups in total. The van der Waals surface area contributed by atoms with E-state index in [-0.39, 0.29) is 0 Å². The molecule has 1 atom stereocenters. The van der Waals surface area contributed by atoms with E-state index in [4.69, 9.17) is 0 Å². The maximum absolute atomic E-state index is 2.38. The topological polar surface area (TPSA) is 0 Å². The van der Waals surface area contributed by atoms with Gasteiger partial charge in [0.05, 0.1) is 0 Å². The van der Waals surface area contributed by atoms with E-state index in [0.717, 1.165) is 5.92 Å². The Morgan fingerprint density at radius 1 is 0.909 bits per heavy atom. The third-order valence-corrected chi connectivity index (χ3v) is 5.27. The van der Waals surface area contributed by atoms with Crippen LogP contribution in [0.15, 0.2) is 60.0 Å². The van der Waals surface area contributed by atoms with Crippen molar-refractivity contribution in [1.82, 2.24) is 0 Å². The van der Waals surface area contributed by atoms with Gasteiger partial charge < -0.3 is 0 Å². The molecule has 0 bridgehead atoms. The lowest BCUT2D eigenvalue weighted by Crippen LogP contribution is -2.08. The standard InChI is InChI=1S/C21H24S/c1-2-3-7-17(16-21-10-6-13-22-21)14-18-11-12-19-8-4-5-9-20(19)15-18/h4-6,8-13,15,17H,2-3,7,14,16H2,1H3. The number of benzene rings is 2. The zero-order valence-electron chi connectivity index (χ0n) is 13.3. The van der Waals surface area contributed by atoms with Crippen molar-refractivity contribution in [3.05, 3.63) is 70.4 Å². The Kier molecular flexibility index (Phi) is 5.29. The molecule has 0 saturated carbocycles. The largest absolute Gasteiger partial charge is 0.149 e. The van der Waals surface area contributed by atoms with E-state index in [1.54, 1.807) is 0 Å². The fraction of sp³-hybridized carbons (Fsp3) is 0.333. The van der Waals surface area contributed by atoms with Crippen molar-refractivity contribution in [2.75, 3.05) is 0 Å². The van der Waals surface area contributed by atoms with Gasteiger partial charge in [0.25, 0.3) is 0 Å². The van der Waals surface area contributed by atoms with Gasteiger partial charge in [0, 0.05) is 4.88 Å². The Morgan fingerprint density at radius 3 is 2.55 bits per heavy atom. The van der Waals surface area contributed by atoms with Gasteiger partial charge >= 0.3 is 0 Å². The molecule has 0 fully saturated rings. The average Bonchev–Trinajstić information content (AvgIpc) is 3.05. The second-order valence-corrected chi connectivity index (χ2v) is 7.21. The van der Waals surface area contributed by atoms with Gasteiger partial charge in [0.15, 0.2) is 0 Å². The summed E-state index contributed by atoms with van der Waals surface area (Å²) in [5.41, 5.74) is 1.48. The molecule has 1 heteroatoms. The highest BCUT2D eigenvalue weighted by molar-refractivity contribution is 7.09. The summed E-state index contributed by atoms with van der Waals surface area (Å²) in [5, 5.41) is 4.90. The molecular weight excluding hydrogens is 284 g/mol. The third kappa shape index (κ3) is 3.98. The summed E-state index contributed by atoms with van der Waals surface area (Å²) in [6.07, 6.45) is 6.39.